The summed E-state index contributed by atoms with van der Waals surface area (Å²) in [5.41, 5.74) is 2.01. The molecule has 40 heavy (non-hydrogen) atoms. The first-order chi connectivity index (χ1) is 18.9. The number of phenolic OH excluding ortho intramolecular Hbond substituents is 1. The van der Waals surface area contributed by atoms with Crippen LogP contribution in [0.5, 0.6) is 5.75 Å². The van der Waals surface area contributed by atoms with Crippen molar-refractivity contribution in [1.29, 1.82) is 0 Å². The highest BCUT2D eigenvalue weighted by Gasteiger charge is 2.40. The van der Waals surface area contributed by atoms with Gasteiger partial charge in [0.2, 0.25) is 11.8 Å². The maximum Gasteiger partial charge on any atom is 0.237 e. The zero-order valence-corrected chi connectivity index (χ0v) is 27.2. The number of amides is 2. The lowest BCUT2D eigenvalue weighted by molar-refractivity contribution is -0.138. The van der Waals surface area contributed by atoms with Gasteiger partial charge in [0.15, 0.2) is 0 Å². The number of hydrogen-bond acceptors (Lipinski definition) is 3. The quantitative estimate of drug-likeness (QED) is 0.145. The highest BCUT2D eigenvalue weighted by Crippen LogP contribution is 2.42. The molecule has 1 aromatic rings. The average Bonchev–Trinajstić information content (AvgIpc) is 3.15. The Morgan fingerprint density at radius 3 is 1.43 bits per heavy atom. The SMILES string of the molecule is CCCCCCCCCCCCCCCCCCN1C(=O)CC(c2cc(C(C)(C)C)c(O)c(C(C)(C)C)c2)C1=O. The first-order valence-electron chi connectivity index (χ1n) is 16.6. The lowest BCUT2D eigenvalue weighted by Gasteiger charge is -2.29. The number of phenols is 1. The number of aromatic hydroxyl groups is 1. The van der Waals surface area contributed by atoms with Crippen LogP contribution in [0, 0.1) is 0 Å². The molecule has 4 nitrogen and oxygen atoms in total. The van der Waals surface area contributed by atoms with Crippen molar-refractivity contribution in [1.82, 2.24) is 4.90 Å². The maximum atomic E-state index is 13.4. The molecule has 2 rings (SSSR count). The molecule has 0 bridgehead atoms. The van der Waals surface area contributed by atoms with E-state index in [0.717, 1.165) is 29.5 Å². The number of likely N-dealkylation sites (tertiary alicyclic amines) is 1. The molecule has 1 unspecified atom stereocenters. The molecule has 1 aromatic carbocycles. The van der Waals surface area contributed by atoms with Gasteiger partial charge in [-0.3, -0.25) is 14.5 Å². The number of hydrogen-bond donors (Lipinski definition) is 1. The predicted octanol–water partition coefficient (Wildman–Crippen LogP) is 10.1. The van der Waals surface area contributed by atoms with Crippen molar-refractivity contribution < 1.29 is 14.7 Å². The summed E-state index contributed by atoms with van der Waals surface area (Å²) >= 11 is 0. The van der Waals surface area contributed by atoms with Gasteiger partial charge in [-0.1, -0.05) is 157 Å². The van der Waals surface area contributed by atoms with Crippen LogP contribution in [0.4, 0.5) is 0 Å². The largest absolute Gasteiger partial charge is 0.507 e. The van der Waals surface area contributed by atoms with E-state index in [-0.39, 0.29) is 29.1 Å². The monoisotopic (exact) mass is 555 g/mol. The molecular weight excluding hydrogens is 494 g/mol. The Morgan fingerprint density at radius 1 is 0.675 bits per heavy atom. The van der Waals surface area contributed by atoms with E-state index in [1.807, 2.05) is 12.1 Å². The summed E-state index contributed by atoms with van der Waals surface area (Å²) in [7, 11) is 0. The van der Waals surface area contributed by atoms with Crippen LogP contribution in [0.25, 0.3) is 0 Å². The van der Waals surface area contributed by atoms with Crippen molar-refractivity contribution in [2.24, 2.45) is 0 Å². The molecule has 0 aliphatic carbocycles. The second-order valence-corrected chi connectivity index (χ2v) is 14.4. The van der Waals surface area contributed by atoms with Gasteiger partial charge in [0.1, 0.15) is 5.75 Å². The molecule has 0 radical (unpaired) electrons. The Morgan fingerprint density at radius 2 is 1.05 bits per heavy atom. The van der Waals surface area contributed by atoms with Crippen molar-refractivity contribution in [2.75, 3.05) is 6.54 Å². The summed E-state index contributed by atoms with van der Waals surface area (Å²) in [6, 6.07) is 3.91. The number of imide groups is 1. The number of unbranched alkanes of at least 4 members (excludes halogenated alkanes) is 15. The van der Waals surface area contributed by atoms with Crippen molar-refractivity contribution >= 4 is 11.8 Å². The first-order valence-corrected chi connectivity index (χ1v) is 16.6. The fraction of sp³-hybridized carbons (Fsp3) is 0.778. The number of carbonyl (C=O) groups is 2. The van der Waals surface area contributed by atoms with Crippen LogP contribution in [-0.2, 0) is 20.4 Å². The lowest BCUT2D eigenvalue weighted by Crippen LogP contribution is -2.31. The smallest absolute Gasteiger partial charge is 0.237 e. The molecular formula is C36H61NO3. The second-order valence-electron chi connectivity index (χ2n) is 14.4. The Labute approximate surface area is 246 Å². The van der Waals surface area contributed by atoms with Gasteiger partial charge in [-0.25, -0.2) is 0 Å². The van der Waals surface area contributed by atoms with Gasteiger partial charge in [0.05, 0.1) is 5.92 Å². The second kappa shape index (κ2) is 16.6. The van der Waals surface area contributed by atoms with Gasteiger partial charge in [-0.15, -0.1) is 0 Å². The molecule has 2 amide bonds. The topological polar surface area (TPSA) is 57.6 Å². The minimum Gasteiger partial charge on any atom is -0.507 e. The average molecular weight is 556 g/mol. The van der Waals surface area contributed by atoms with Gasteiger partial charge < -0.3 is 5.11 Å². The Kier molecular flexibility index (Phi) is 14.2. The maximum absolute atomic E-state index is 13.4. The zero-order chi connectivity index (χ0) is 29.8. The molecule has 1 atom stereocenters. The third-order valence-electron chi connectivity index (χ3n) is 8.63. The molecule has 1 saturated heterocycles. The molecule has 0 aromatic heterocycles. The zero-order valence-electron chi connectivity index (χ0n) is 27.2. The third kappa shape index (κ3) is 10.9. The van der Waals surface area contributed by atoms with Gasteiger partial charge >= 0.3 is 0 Å². The summed E-state index contributed by atoms with van der Waals surface area (Å²) in [5, 5.41) is 11.0. The van der Waals surface area contributed by atoms with Crippen LogP contribution in [0.15, 0.2) is 12.1 Å². The highest BCUT2D eigenvalue weighted by molar-refractivity contribution is 6.06. The normalized spacial score (nSPS) is 16.4. The molecule has 4 heteroatoms. The van der Waals surface area contributed by atoms with Gasteiger partial charge in [-0.05, 0) is 33.9 Å². The first kappa shape index (κ1) is 34.4. The minimum absolute atomic E-state index is 0.0568. The van der Waals surface area contributed by atoms with E-state index in [2.05, 4.69) is 48.5 Å². The third-order valence-corrected chi connectivity index (χ3v) is 8.63. The van der Waals surface area contributed by atoms with Gasteiger partial charge in [0.25, 0.3) is 0 Å². The molecule has 1 heterocycles. The molecule has 0 saturated carbocycles. The minimum atomic E-state index is -0.448. The summed E-state index contributed by atoms with van der Waals surface area (Å²) in [6.07, 6.45) is 21.2. The van der Waals surface area contributed by atoms with Crippen molar-refractivity contribution in [3.8, 4) is 5.75 Å². The number of carbonyl (C=O) groups excluding carboxylic acids is 2. The van der Waals surface area contributed by atoms with E-state index in [0.29, 0.717) is 12.3 Å². The Hall–Kier alpha value is -1.84. The van der Waals surface area contributed by atoms with E-state index in [9.17, 15) is 14.7 Å². The summed E-state index contributed by atoms with van der Waals surface area (Å²) in [6.45, 7) is 15.2. The van der Waals surface area contributed by atoms with Gasteiger partial charge in [-0.2, -0.15) is 0 Å². The Balaban J connectivity index is 1.71. The van der Waals surface area contributed by atoms with Crippen LogP contribution in [-0.4, -0.2) is 28.4 Å². The van der Waals surface area contributed by atoms with Gasteiger partial charge in [0, 0.05) is 13.0 Å². The summed E-state index contributed by atoms with van der Waals surface area (Å²) in [4.78, 5) is 27.7. The molecule has 1 aliphatic heterocycles. The molecule has 1 fully saturated rings. The molecule has 1 N–H and O–H groups in total. The number of benzene rings is 1. The van der Waals surface area contributed by atoms with E-state index < -0.39 is 5.92 Å². The summed E-state index contributed by atoms with van der Waals surface area (Å²) in [5.74, 6) is -0.267. The van der Waals surface area contributed by atoms with E-state index in [4.69, 9.17) is 0 Å². The fourth-order valence-electron chi connectivity index (χ4n) is 6.00. The van der Waals surface area contributed by atoms with E-state index >= 15 is 0 Å². The van der Waals surface area contributed by atoms with Crippen LogP contribution in [0.3, 0.4) is 0 Å². The molecule has 0 spiro atoms. The molecule has 228 valence electrons. The van der Waals surface area contributed by atoms with Crippen molar-refractivity contribution in [3.63, 3.8) is 0 Å². The van der Waals surface area contributed by atoms with Crippen LogP contribution in [0.1, 0.15) is 180 Å². The van der Waals surface area contributed by atoms with Crippen LogP contribution < -0.4 is 0 Å². The summed E-state index contributed by atoms with van der Waals surface area (Å²) < 4.78 is 0. The Bertz CT molecular complexity index is 886. The van der Waals surface area contributed by atoms with E-state index in [1.165, 1.54) is 94.8 Å². The predicted molar refractivity (Wildman–Crippen MR) is 169 cm³/mol. The highest BCUT2D eigenvalue weighted by atomic mass is 16.3. The lowest BCUT2D eigenvalue weighted by atomic mass is 9.77. The molecule has 1 aliphatic rings. The fourth-order valence-corrected chi connectivity index (χ4v) is 6.00. The van der Waals surface area contributed by atoms with Crippen molar-refractivity contribution in [2.45, 2.75) is 174 Å². The van der Waals surface area contributed by atoms with Crippen LogP contribution in [0.2, 0.25) is 0 Å². The van der Waals surface area contributed by atoms with E-state index in [1.54, 1.807) is 0 Å². The standard InChI is InChI=1S/C36H61NO3/c1-8-9-10-11-12-13-14-15-16-17-18-19-20-21-22-23-24-37-32(38)27-29(34(37)40)28-25-30(35(2,3)4)33(39)31(26-28)36(5,6)7/h25-26,29,39H,8-24,27H2,1-7H3. The number of nitrogens with zero attached hydrogens (tertiary/aromatic N) is 1. The van der Waals surface area contributed by atoms with Crippen molar-refractivity contribution in [3.05, 3.63) is 28.8 Å². The van der Waals surface area contributed by atoms with Crippen LogP contribution >= 0.6 is 0 Å². The number of rotatable bonds is 18.